The molecule has 0 radical (unpaired) electrons. The number of rotatable bonds is 3. The van der Waals surface area contributed by atoms with Crippen molar-refractivity contribution >= 4 is 22.3 Å². The number of hydrogen-bond donors (Lipinski definition) is 1. The van der Waals surface area contributed by atoms with Crippen LogP contribution in [0.5, 0.6) is 0 Å². The third kappa shape index (κ3) is 2.07. The molecule has 0 fully saturated rings. The molecule has 0 amide bonds. The first-order valence-corrected chi connectivity index (χ1v) is 6.62. The highest BCUT2D eigenvalue weighted by Crippen LogP contribution is 2.36. The second-order valence-corrected chi connectivity index (χ2v) is 5.22. The van der Waals surface area contributed by atoms with Gasteiger partial charge in [0.1, 0.15) is 5.00 Å². The van der Waals surface area contributed by atoms with Crippen molar-refractivity contribution in [2.24, 2.45) is 0 Å². The Labute approximate surface area is 99.6 Å². The van der Waals surface area contributed by atoms with Gasteiger partial charge in [-0.3, -0.25) is 0 Å². The Balaban J connectivity index is 2.25. The lowest BCUT2D eigenvalue weighted by atomic mass is 9.95. The third-order valence-electron chi connectivity index (χ3n) is 2.84. The first-order valence-electron chi connectivity index (χ1n) is 5.81. The summed E-state index contributed by atoms with van der Waals surface area (Å²) in [5, 5.41) is 0.632. The fourth-order valence-electron chi connectivity index (χ4n) is 2.08. The van der Waals surface area contributed by atoms with E-state index in [9.17, 15) is 4.79 Å². The van der Waals surface area contributed by atoms with Crippen LogP contribution in [0.4, 0.5) is 5.00 Å². The minimum atomic E-state index is -0.237. The summed E-state index contributed by atoms with van der Waals surface area (Å²) >= 11 is 1.56. The molecule has 1 heterocycles. The smallest absolute Gasteiger partial charge is 0.341 e. The molecule has 1 aromatic heterocycles. The van der Waals surface area contributed by atoms with Crippen LogP contribution in [0.15, 0.2) is 0 Å². The molecule has 1 aromatic rings. The molecule has 4 heteroatoms. The number of carbonyl (C=O) groups excluding carboxylic acids is 1. The predicted molar refractivity (Wildman–Crippen MR) is 65.9 cm³/mol. The molecule has 88 valence electrons. The average Bonchev–Trinajstić information content (AvgIpc) is 2.62. The molecule has 0 saturated heterocycles. The van der Waals surface area contributed by atoms with Crippen molar-refractivity contribution in [2.75, 3.05) is 12.3 Å². The van der Waals surface area contributed by atoms with Crippen LogP contribution >= 0.6 is 11.3 Å². The quantitative estimate of drug-likeness (QED) is 0.825. The van der Waals surface area contributed by atoms with Crippen LogP contribution in [-0.4, -0.2) is 12.6 Å². The molecule has 2 N–H and O–H groups in total. The summed E-state index contributed by atoms with van der Waals surface area (Å²) in [6, 6.07) is 0. The van der Waals surface area contributed by atoms with Crippen LogP contribution in [0.3, 0.4) is 0 Å². The van der Waals surface area contributed by atoms with E-state index in [0.717, 1.165) is 31.2 Å². The molecule has 0 unspecified atom stereocenters. The number of ether oxygens (including phenoxy) is 1. The van der Waals surface area contributed by atoms with Crippen LogP contribution < -0.4 is 5.73 Å². The molecule has 0 aromatic carbocycles. The Kier molecular flexibility index (Phi) is 3.49. The molecular weight excluding hydrogens is 222 g/mol. The van der Waals surface area contributed by atoms with Gasteiger partial charge in [0, 0.05) is 4.88 Å². The van der Waals surface area contributed by atoms with Gasteiger partial charge in [-0.05, 0) is 37.7 Å². The van der Waals surface area contributed by atoms with Gasteiger partial charge in [-0.2, -0.15) is 0 Å². The molecule has 0 spiro atoms. The molecule has 0 aliphatic heterocycles. The predicted octanol–water partition coefficient (Wildman–Crippen LogP) is 2.78. The number of nitrogens with two attached hydrogens (primary N) is 1. The van der Waals surface area contributed by atoms with E-state index in [1.165, 1.54) is 11.3 Å². The van der Waals surface area contributed by atoms with E-state index in [4.69, 9.17) is 10.5 Å². The lowest BCUT2D eigenvalue weighted by molar-refractivity contribution is 0.0505. The van der Waals surface area contributed by atoms with Crippen molar-refractivity contribution in [1.82, 2.24) is 0 Å². The molecule has 0 atom stereocenters. The summed E-state index contributed by atoms with van der Waals surface area (Å²) in [4.78, 5) is 13.1. The maximum atomic E-state index is 11.9. The maximum absolute atomic E-state index is 11.9. The summed E-state index contributed by atoms with van der Waals surface area (Å²) in [6.45, 7) is 2.46. The van der Waals surface area contributed by atoms with Crippen molar-refractivity contribution in [3.8, 4) is 0 Å². The highest BCUT2D eigenvalue weighted by Gasteiger charge is 2.24. The molecule has 1 aliphatic carbocycles. The summed E-state index contributed by atoms with van der Waals surface area (Å²) < 4.78 is 5.17. The first kappa shape index (κ1) is 11.5. The fraction of sp³-hybridized carbons (Fsp3) is 0.583. The zero-order valence-electron chi connectivity index (χ0n) is 9.54. The van der Waals surface area contributed by atoms with Gasteiger partial charge in [-0.15, -0.1) is 11.3 Å². The molecular formula is C12H17NO2S. The van der Waals surface area contributed by atoms with Crippen molar-refractivity contribution in [2.45, 2.75) is 39.0 Å². The average molecular weight is 239 g/mol. The van der Waals surface area contributed by atoms with E-state index in [1.807, 2.05) is 6.92 Å². The Bertz CT molecular complexity index is 398. The van der Waals surface area contributed by atoms with E-state index in [-0.39, 0.29) is 5.97 Å². The van der Waals surface area contributed by atoms with E-state index < -0.39 is 0 Å². The van der Waals surface area contributed by atoms with Gasteiger partial charge in [0.05, 0.1) is 12.2 Å². The zero-order valence-corrected chi connectivity index (χ0v) is 10.4. The van der Waals surface area contributed by atoms with Gasteiger partial charge in [0.15, 0.2) is 0 Å². The van der Waals surface area contributed by atoms with E-state index in [2.05, 4.69) is 0 Å². The Hall–Kier alpha value is -1.03. The second kappa shape index (κ2) is 4.87. The fourth-order valence-corrected chi connectivity index (χ4v) is 3.23. The van der Waals surface area contributed by atoms with E-state index >= 15 is 0 Å². The number of fused-ring (bicyclic) bond motifs is 1. The number of thiophene rings is 1. The van der Waals surface area contributed by atoms with Crippen LogP contribution in [0.2, 0.25) is 0 Å². The molecule has 0 saturated carbocycles. The van der Waals surface area contributed by atoms with Gasteiger partial charge in [0.25, 0.3) is 0 Å². The molecule has 2 rings (SSSR count). The number of anilines is 1. The standard InChI is InChI=1S/C12H17NO2S/c1-2-7-15-12(14)10-8-5-3-4-6-9(8)16-11(10)13/h2-7,13H2,1H3. The van der Waals surface area contributed by atoms with Gasteiger partial charge < -0.3 is 10.5 Å². The second-order valence-electron chi connectivity index (χ2n) is 4.09. The SMILES string of the molecule is CCCOC(=O)c1c(N)sc2c1CCCC2. The van der Waals surface area contributed by atoms with Crippen LogP contribution in [0.1, 0.15) is 47.0 Å². The normalized spacial score (nSPS) is 14.6. The molecule has 1 aliphatic rings. The third-order valence-corrected chi connectivity index (χ3v) is 3.96. The van der Waals surface area contributed by atoms with Crippen molar-refractivity contribution in [3.05, 3.63) is 16.0 Å². The number of nitrogen functional groups attached to an aromatic ring is 1. The number of carbonyl (C=O) groups is 1. The zero-order chi connectivity index (χ0) is 11.5. The van der Waals surface area contributed by atoms with Gasteiger partial charge in [0.2, 0.25) is 0 Å². The molecule has 3 nitrogen and oxygen atoms in total. The summed E-state index contributed by atoms with van der Waals surface area (Å²) in [6.07, 6.45) is 5.23. The Morgan fingerprint density at radius 2 is 2.19 bits per heavy atom. The lowest BCUT2D eigenvalue weighted by Crippen LogP contribution is -2.11. The van der Waals surface area contributed by atoms with Crippen LogP contribution in [-0.2, 0) is 17.6 Å². The highest BCUT2D eigenvalue weighted by atomic mass is 32.1. The van der Waals surface area contributed by atoms with Crippen molar-refractivity contribution in [1.29, 1.82) is 0 Å². The van der Waals surface area contributed by atoms with Crippen molar-refractivity contribution in [3.63, 3.8) is 0 Å². The van der Waals surface area contributed by atoms with Gasteiger partial charge >= 0.3 is 5.97 Å². The minimum Gasteiger partial charge on any atom is -0.462 e. The van der Waals surface area contributed by atoms with E-state index in [1.54, 1.807) is 11.3 Å². The Morgan fingerprint density at radius 3 is 2.94 bits per heavy atom. The first-order chi connectivity index (χ1) is 7.74. The topological polar surface area (TPSA) is 52.3 Å². The molecule has 16 heavy (non-hydrogen) atoms. The Morgan fingerprint density at radius 1 is 1.44 bits per heavy atom. The highest BCUT2D eigenvalue weighted by molar-refractivity contribution is 7.16. The number of aryl methyl sites for hydroxylation is 1. The number of hydrogen-bond acceptors (Lipinski definition) is 4. The molecule has 0 bridgehead atoms. The summed E-state index contributed by atoms with van der Waals surface area (Å²) in [7, 11) is 0. The lowest BCUT2D eigenvalue weighted by Gasteiger charge is -2.12. The van der Waals surface area contributed by atoms with Gasteiger partial charge in [-0.1, -0.05) is 6.92 Å². The summed E-state index contributed by atoms with van der Waals surface area (Å²) in [5.41, 5.74) is 7.71. The number of esters is 1. The van der Waals surface area contributed by atoms with Crippen molar-refractivity contribution < 1.29 is 9.53 Å². The largest absolute Gasteiger partial charge is 0.462 e. The van der Waals surface area contributed by atoms with E-state index in [0.29, 0.717) is 17.2 Å². The minimum absolute atomic E-state index is 0.237. The maximum Gasteiger partial charge on any atom is 0.341 e. The van der Waals surface area contributed by atoms with Gasteiger partial charge in [-0.25, -0.2) is 4.79 Å². The monoisotopic (exact) mass is 239 g/mol. The summed E-state index contributed by atoms with van der Waals surface area (Å²) in [5.74, 6) is -0.237. The van der Waals surface area contributed by atoms with Crippen LogP contribution in [0.25, 0.3) is 0 Å². The van der Waals surface area contributed by atoms with Crippen LogP contribution in [0, 0.1) is 0 Å².